The molecule has 1 N–H and O–H groups in total. The first-order valence-electron chi connectivity index (χ1n) is 8.62. The standard InChI is InChI=1S/C20H10BrCl2F3N4O/c21-11-3-1-10(2-4-11)16-8-17(20(24,25)26)30-18(29-16)13(9-27-30)19(31)28-12-5-6-14(22)15(23)7-12/h1-9H,(H,28,31). The molecule has 4 rings (SSSR count). The Morgan fingerprint density at radius 2 is 1.74 bits per heavy atom. The molecule has 0 saturated carbocycles. The molecule has 0 bridgehead atoms. The van der Waals surface area contributed by atoms with Crippen molar-refractivity contribution >= 4 is 56.4 Å². The summed E-state index contributed by atoms with van der Waals surface area (Å²) in [6.45, 7) is 0. The number of nitrogens with zero attached hydrogens (tertiary/aromatic N) is 3. The summed E-state index contributed by atoms with van der Waals surface area (Å²) in [6, 6.07) is 11.9. The number of benzene rings is 2. The number of hydrogen-bond acceptors (Lipinski definition) is 3. The molecule has 0 unspecified atom stereocenters. The summed E-state index contributed by atoms with van der Waals surface area (Å²) < 4.78 is 42.4. The highest BCUT2D eigenvalue weighted by molar-refractivity contribution is 9.10. The Morgan fingerprint density at radius 3 is 2.39 bits per heavy atom. The van der Waals surface area contributed by atoms with Gasteiger partial charge in [0.15, 0.2) is 11.3 Å². The van der Waals surface area contributed by atoms with Gasteiger partial charge in [-0.15, -0.1) is 0 Å². The third-order valence-corrected chi connectivity index (χ3v) is 5.59. The van der Waals surface area contributed by atoms with Crippen LogP contribution in [0.3, 0.4) is 0 Å². The van der Waals surface area contributed by atoms with Crippen LogP contribution in [0.25, 0.3) is 16.9 Å². The first-order valence-corrected chi connectivity index (χ1v) is 10.2. The second kappa shape index (κ2) is 8.14. The van der Waals surface area contributed by atoms with E-state index >= 15 is 0 Å². The quantitative estimate of drug-likeness (QED) is 0.320. The minimum Gasteiger partial charge on any atom is -0.322 e. The van der Waals surface area contributed by atoms with Crippen molar-refractivity contribution in [1.82, 2.24) is 14.6 Å². The fraction of sp³-hybridized carbons (Fsp3) is 0.0500. The summed E-state index contributed by atoms with van der Waals surface area (Å²) in [5.41, 5.74) is -0.589. The predicted molar refractivity (Wildman–Crippen MR) is 116 cm³/mol. The van der Waals surface area contributed by atoms with Gasteiger partial charge < -0.3 is 5.32 Å². The zero-order chi connectivity index (χ0) is 22.3. The Hall–Kier alpha value is -2.62. The predicted octanol–water partition coefficient (Wildman–Crippen LogP) is 6.74. The van der Waals surface area contributed by atoms with Crippen LogP contribution in [0.4, 0.5) is 18.9 Å². The number of halogens is 6. The van der Waals surface area contributed by atoms with Crippen LogP contribution in [0.5, 0.6) is 0 Å². The number of carbonyl (C=O) groups is 1. The molecule has 0 saturated heterocycles. The third-order valence-electron chi connectivity index (χ3n) is 4.32. The molecule has 2 aromatic carbocycles. The van der Waals surface area contributed by atoms with Gasteiger partial charge in [-0.05, 0) is 36.4 Å². The second-order valence-corrected chi connectivity index (χ2v) is 8.14. The molecular weight excluding hydrogens is 520 g/mol. The smallest absolute Gasteiger partial charge is 0.322 e. The molecule has 31 heavy (non-hydrogen) atoms. The Balaban J connectivity index is 1.82. The molecular formula is C20H10BrCl2F3N4O. The Kier molecular flexibility index (Phi) is 5.67. The Bertz CT molecular complexity index is 1310. The number of rotatable bonds is 3. The molecule has 4 aromatic rings. The van der Waals surface area contributed by atoms with Crippen LogP contribution >= 0.6 is 39.1 Å². The zero-order valence-corrected chi connectivity index (χ0v) is 18.3. The monoisotopic (exact) mass is 528 g/mol. The van der Waals surface area contributed by atoms with Crippen LogP contribution < -0.4 is 5.32 Å². The fourth-order valence-electron chi connectivity index (χ4n) is 2.87. The molecule has 5 nitrogen and oxygen atoms in total. The van der Waals surface area contributed by atoms with Gasteiger partial charge in [-0.1, -0.05) is 51.3 Å². The van der Waals surface area contributed by atoms with Crippen LogP contribution in [0, 0.1) is 0 Å². The Labute approximate surface area is 191 Å². The van der Waals surface area contributed by atoms with Crippen LogP contribution in [0.15, 0.2) is 59.2 Å². The molecule has 1 amide bonds. The average Bonchev–Trinajstić information content (AvgIpc) is 3.14. The van der Waals surface area contributed by atoms with Crippen molar-refractivity contribution < 1.29 is 18.0 Å². The molecule has 0 aliphatic heterocycles. The lowest BCUT2D eigenvalue weighted by Crippen LogP contribution is -2.15. The van der Waals surface area contributed by atoms with Crippen LogP contribution in [-0.4, -0.2) is 20.5 Å². The van der Waals surface area contributed by atoms with E-state index in [1.54, 1.807) is 24.3 Å². The molecule has 0 radical (unpaired) electrons. The first kappa shape index (κ1) is 21.6. The maximum Gasteiger partial charge on any atom is 0.433 e. The number of aromatic nitrogens is 3. The van der Waals surface area contributed by atoms with Gasteiger partial charge in [-0.2, -0.15) is 18.3 Å². The SMILES string of the molecule is O=C(Nc1ccc(Cl)c(Cl)c1)c1cnn2c(C(F)(F)F)cc(-c3ccc(Br)cc3)nc12. The summed E-state index contributed by atoms with van der Waals surface area (Å²) in [5, 5.41) is 6.83. The Morgan fingerprint density at radius 1 is 1.03 bits per heavy atom. The summed E-state index contributed by atoms with van der Waals surface area (Å²) >= 11 is 15.1. The highest BCUT2D eigenvalue weighted by Crippen LogP contribution is 2.33. The number of nitrogens with one attached hydrogen (secondary N) is 1. The van der Waals surface area contributed by atoms with E-state index in [1.807, 2.05) is 0 Å². The van der Waals surface area contributed by atoms with E-state index in [9.17, 15) is 18.0 Å². The maximum atomic E-state index is 13.7. The second-order valence-electron chi connectivity index (χ2n) is 6.41. The van der Waals surface area contributed by atoms with E-state index in [-0.39, 0.29) is 21.9 Å². The van der Waals surface area contributed by atoms with Gasteiger partial charge in [-0.3, -0.25) is 4.79 Å². The van der Waals surface area contributed by atoms with Crippen molar-refractivity contribution in [3.8, 4) is 11.3 Å². The van der Waals surface area contributed by atoms with E-state index in [2.05, 4.69) is 31.3 Å². The topological polar surface area (TPSA) is 59.3 Å². The van der Waals surface area contributed by atoms with Gasteiger partial charge in [0.1, 0.15) is 5.56 Å². The molecule has 0 aliphatic carbocycles. The molecule has 0 fully saturated rings. The summed E-state index contributed by atoms with van der Waals surface area (Å²) in [4.78, 5) is 17.1. The largest absolute Gasteiger partial charge is 0.433 e. The molecule has 0 spiro atoms. The third kappa shape index (κ3) is 4.39. The molecule has 158 valence electrons. The fourth-order valence-corrected chi connectivity index (χ4v) is 3.43. The van der Waals surface area contributed by atoms with Crippen molar-refractivity contribution in [3.05, 3.63) is 80.5 Å². The zero-order valence-electron chi connectivity index (χ0n) is 15.2. The maximum absolute atomic E-state index is 13.7. The van der Waals surface area contributed by atoms with Gasteiger partial charge in [0.2, 0.25) is 0 Å². The minimum atomic E-state index is -4.71. The van der Waals surface area contributed by atoms with Crippen molar-refractivity contribution in [2.24, 2.45) is 0 Å². The minimum absolute atomic E-state index is 0.0522. The molecule has 0 atom stereocenters. The molecule has 2 aromatic heterocycles. The first-order chi connectivity index (χ1) is 14.6. The summed E-state index contributed by atoms with van der Waals surface area (Å²) in [6.07, 6.45) is -3.68. The van der Waals surface area contributed by atoms with E-state index < -0.39 is 17.8 Å². The van der Waals surface area contributed by atoms with Crippen LogP contribution in [-0.2, 0) is 6.18 Å². The van der Waals surface area contributed by atoms with Gasteiger partial charge in [-0.25, -0.2) is 9.50 Å². The lowest BCUT2D eigenvalue weighted by molar-refractivity contribution is -0.142. The number of alkyl halides is 3. The number of fused-ring (bicyclic) bond motifs is 1. The van der Waals surface area contributed by atoms with E-state index in [0.717, 1.165) is 16.7 Å². The van der Waals surface area contributed by atoms with Gasteiger partial charge >= 0.3 is 6.18 Å². The lowest BCUT2D eigenvalue weighted by Gasteiger charge is -2.12. The average molecular weight is 530 g/mol. The van der Waals surface area contributed by atoms with Crippen molar-refractivity contribution in [2.75, 3.05) is 5.32 Å². The van der Waals surface area contributed by atoms with Crippen LogP contribution in [0.2, 0.25) is 10.0 Å². The number of hydrogen-bond donors (Lipinski definition) is 1. The summed E-state index contributed by atoms with van der Waals surface area (Å²) in [7, 11) is 0. The van der Waals surface area contributed by atoms with E-state index in [1.165, 1.54) is 18.2 Å². The van der Waals surface area contributed by atoms with Crippen molar-refractivity contribution in [1.29, 1.82) is 0 Å². The van der Waals surface area contributed by atoms with Crippen molar-refractivity contribution in [2.45, 2.75) is 6.18 Å². The lowest BCUT2D eigenvalue weighted by atomic mass is 10.1. The number of amides is 1. The molecule has 2 heterocycles. The van der Waals surface area contributed by atoms with Gasteiger partial charge in [0, 0.05) is 15.7 Å². The van der Waals surface area contributed by atoms with E-state index in [0.29, 0.717) is 20.8 Å². The van der Waals surface area contributed by atoms with Crippen LogP contribution in [0.1, 0.15) is 16.1 Å². The highest BCUT2D eigenvalue weighted by Gasteiger charge is 2.36. The van der Waals surface area contributed by atoms with E-state index in [4.69, 9.17) is 23.2 Å². The number of carbonyl (C=O) groups excluding carboxylic acids is 1. The molecule has 0 aliphatic rings. The summed E-state index contributed by atoms with van der Waals surface area (Å²) in [5.74, 6) is -0.693. The van der Waals surface area contributed by atoms with Crippen molar-refractivity contribution in [3.63, 3.8) is 0 Å². The van der Waals surface area contributed by atoms with Gasteiger partial charge in [0.05, 0.1) is 21.9 Å². The normalized spacial score (nSPS) is 11.7. The highest BCUT2D eigenvalue weighted by atomic mass is 79.9. The molecule has 11 heteroatoms. The van der Waals surface area contributed by atoms with Gasteiger partial charge in [0.25, 0.3) is 5.91 Å². The number of anilines is 1.